The third-order valence-electron chi connectivity index (χ3n) is 3.27. The smallest absolute Gasteiger partial charge is 0.265 e. The predicted molar refractivity (Wildman–Crippen MR) is 86.5 cm³/mol. The van der Waals surface area contributed by atoms with Crippen LogP contribution in [0, 0.1) is 0 Å². The highest BCUT2D eigenvalue weighted by atomic mass is 32.2. The van der Waals surface area contributed by atoms with E-state index < -0.39 is 0 Å². The van der Waals surface area contributed by atoms with E-state index in [1.54, 1.807) is 11.3 Å². The van der Waals surface area contributed by atoms with Gasteiger partial charge in [-0.2, -0.15) is 11.8 Å². The van der Waals surface area contributed by atoms with Crippen molar-refractivity contribution in [2.45, 2.75) is 18.7 Å². The predicted octanol–water partition coefficient (Wildman–Crippen LogP) is 3.25. The number of carbonyl (C=O) groups is 1. The first kappa shape index (κ1) is 13.7. The van der Waals surface area contributed by atoms with E-state index in [1.165, 1.54) is 10.4 Å². The van der Waals surface area contributed by atoms with E-state index in [-0.39, 0.29) is 5.91 Å². The van der Waals surface area contributed by atoms with Crippen LogP contribution in [-0.4, -0.2) is 11.7 Å². The van der Waals surface area contributed by atoms with Crippen LogP contribution in [0.5, 0.6) is 0 Å². The maximum Gasteiger partial charge on any atom is 0.265 e. The summed E-state index contributed by atoms with van der Waals surface area (Å²) in [5.74, 6) is 2.16. The summed E-state index contributed by atoms with van der Waals surface area (Å²) >= 11 is 3.56. The van der Waals surface area contributed by atoms with E-state index in [0.29, 0.717) is 6.54 Å². The molecule has 3 rings (SSSR count). The number of anilines is 1. The molecule has 2 aromatic rings. The van der Waals surface area contributed by atoms with Gasteiger partial charge in [0, 0.05) is 22.9 Å². The van der Waals surface area contributed by atoms with Crippen molar-refractivity contribution in [3.63, 3.8) is 0 Å². The number of aryl methyl sites for hydroxylation is 1. The van der Waals surface area contributed by atoms with Crippen LogP contribution in [0.15, 0.2) is 30.3 Å². The molecule has 0 spiro atoms. The third-order valence-corrected chi connectivity index (χ3v) is 5.52. The largest absolute Gasteiger partial charge is 0.326 e. The number of carbonyl (C=O) groups excluding carboxylic acids is 1. The van der Waals surface area contributed by atoms with Crippen molar-refractivity contribution in [1.82, 2.24) is 0 Å². The Morgan fingerprint density at radius 1 is 1.35 bits per heavy atom. The average Bonchev–Trinajstić information content (AvgIpc) is 2.91. The lowest BCUT2D eigenvalue weighted by Crippen LogP contribution is -2.10. The Hall–Kier alpha value is -1.30. The molecule has 0 aliphatic carbocycles. The Morgan fingerprint density at radius 2 is 2.25 bits per heavy atom. The number of thiophene rings is 1. The Kier molecular flexibility index (Phi) is 4.10. The van der Waals surface area contributed by atoms with Crippen LogP contribution < -0.4 is 11.1 Å². The standard InChI is InChI=1S/C15H16N2OS2/c16-8-10-2-1-3-12(6-10)17-15(18)14-7-11-9-19-5-4-13(11)20-14/h1-3,6-7H,4-5,8-9,16H2,(H,17,18). The summed E-state index contributed by atoms with van der Waals surface area (Å²) in [6, 6.07) is 9.71. The highest BCUT2D eigenvalue weighted by Gasteiger charge is 2.17. The monoisotopic (exact) mass is 304 g/mol. The topological polar surface area (TPSA) is 55.1 Å². The van der Waals surface area contributed by atoms with Gasteiger partial charge in [0.2, 0.25) is 0 Å². The van der Waals surface area contributed by atoms with Crippen molar-refractivity contribution >= 4 is 34.7 Å². The van der Waals surface area contributed by atoms with Crippen LogP contribution >= 0.6 is 23.1 Å². The quantitative estimate of drug-likeness (QED) is 0.915. The summed E-state index contributed by atoms with van der Waals surface area (Å²) in [4.78, 5) is 14.5. The van der Waals surface area contributed by atoms with E-state index in [9.17, 15) is 4.79 Å². The fourth-order valence-electron chi connectivity index (χ4n) is 2.23. The van der Waals surface area contributed by atoms with Crippen molar-refractivity contribution in [2.24, 2.45) is 5.73 Å². The molecule has 1 amide bonds. The van der Waals surface area contributed by atoms with E-state index in [1.807, 2.05) is 42.1 Å². The molecular weight excluding hydrogens is 288 g/mol. The first-order valence-electron chi connectivity index (χ1n) is 6.56. The summed E-state index contributed by atoms with van der Waals surface area (Å²) in [7, 11) is 0. The summed E-state index contributed by atoms with van der Waals surface area (Å²) < 4.78 is 0. The Morgan fingerprint density at radius 3 is 3.05 bits per heavy atom. The number of hydrogen-bond acceptors (Lipinski definition) is 4. The van der Waals surface area contributed by atoms with Crippen LogP contribution in [0.1, 0.15) is 25.7 Å². The number of thioether (sulfide) groups is 1. The number of hydrogen-bond donors (Lipinski definition) is 2. The lowest BCUT2D eigenvalue weighted by molar-refractivity contribution is 0.103. The fraction of sp³-hybridized carbons (Fsp3) is 0.267. The van der Waals surface area contributed by atoms with Crippen molar-refractivity contribution in [3.8, 4) is 0 Å². The van der Waals surface area contributed by atoms with E-state index >= 15 is 0 Å². The molecule has 0 atom stereocenters. The van der Waals surface area contributed by atoms with Crippen molar-refractivity contribution < 1.29 is 4.79 Å². The van der Waals surface area contributed by atoms with Gasteiger partial charge in [-0.15, -0.1) is 11.3 Å². The lowest BCUT2D eigenvalue weighted by Gasteiger charge is -2.08. The molecule has 1 aliphatic heterocycles. The molecule has 1 aromatic carbocycles. The van der Waals surface area contributed by atoms with Crippen LogP contribution in [0.4, 0.5) is 5.69 Å². The number of rotatable bonds is 3. The molecule has 0 saturated heterocycles. The number of benzene rings is 1. The van der Waals surface area contributed by atoms with Gasteiger partial charge in [0.25, 0.3) is 5.91 Å². The van der Waals surface area contributed by atoms with Gasteiger partial charge in [-0.1, -0.05) is 12.1 Å². The first-order chi connectivity index (χ1) is 9.76. The SMILES string of the molecule is NCc1cccc(NC(=O)c2cc3c(s2)CCSC3)c1. The van der Waals surface area contributed by atoms with Gasteiger partial charge in [0.1, 0.15) is 0 Å². The molecule has 0 saturated carbocycles. The fourth-order valence-corrected chi connectivity index (χ4v) is 4.50. The number of nitrogens with one attached hydrogen (secondary N) is 1. The molecule has 0 bridgehead atoms. The summed E-state index contributed by atoms with van der Waals surface area (Å²) in [6.45, 7) is 0.480. The van der Waals surface area contributed by atoms with Gasteiger partial charge in [0.05, 0.1) is 4.88 Å². The van der Waals surface area contributed by atoms with E-state index in [4.69, 9.17) is 5.73 Å². The minimum atomic E-state index is -0.0245. The molecular formula is C15H16N2OS2. The lowest BCUT2D eigenvalue weighted by atomic mass is 10.2. The van der Waals surface area contributed by atoms with Crippen LogP contribution in [-0.2, 0) is 18.7 Å². The molecule has 0 fully saturated rings. The van der Waals surface area contributed by atoms with Gasteiger partial charge >= 0.3 is 0 Å². The van der Waals surface area contributed by atoms with E-state index in [0.717, 1.165) is 34.1 Å². The Labute approximate surface area is 126 Å². The zero-order valence-corrected chi connectivity index (χ0v) is 12.7. The van der Waals surface area contributed by atoms with Gasteiger partial charge in [-0.3, -0.25) is 4.79 Å². The minimum absolute atomic E-state index is 0.0245. The molecule has 1 aromatic heterocycles. The summed E-state index contributed by atoms with van der Waals surface area (Å²) in [5.41, 5.74) is 8.76. The normalized spacial score (nSPS) is 13.8. The maximum atomic E-state index is 12.3. The van der Waals surface area contributed by atoms with Gasteiger partial charge in [0.15, 0.2) is 0 Å². The third kappa shape index (κ3) is 2.90. The van der Waals surface area contributed by atoms with Crippen LogP contribution in [0.25, 0.3) is 0 Å². The first-order valence-corrected chi connectivity index (χ1v) is 8.53. The molecule has 5 heteroatoms. The second kappa shape index (κ2) is 5.99. The maximum absolute atomic E-state index is 12.3. The molecule has 3 nitrogen and oxygen atoms in total. The summed E-state index contributed by atoms with van der Waals surface area (Å²) in [5, 5.41) is 2.95. The van der Waals surface area contributed by atoms with Crippen LogP contribution in [0.2, 0.25) is 0 Å². The highest BCUT2D eigenvalue weighted by Crippen LogP contribution is 2.32. The second-order valence-corrected chi connectivity index (χ2v) is 6.96. The number of amides is 1. The van der Waals surface area contributed by atoms with Gasteiger partial charge in [-0.05, 0) is 41.5 Å². The molecule has 20 heavy (non-hydrogen) atoms. The Balaban J connectivity index is 1.77. The molecule has 2 heterocycles. The summed E-state index contributed by atoms with van der Waals surface area (Å²) in [6.07, 6.45) is 1.08. The molecule has 3 N–H and O–H groups in total. The van der Waals surface area contributed by atoms with Gasteiger partial charge < -0.3 is 11.1 Å². The van der Waals surface area contributed by atoms with E-state index in [2.05, 4.69) is 5.32 Å². The van der Waals surface area contributed by atoms with Gasteiger partial charge in [-0.25, -0.2) is 0 Å². The molecule has 104 valence electrons. The average molecular weight is 304 g/mol. The molecule has 0 radical (unpaired) electrons. The highest BCUT2D eigenvalue weighted by molar-refractivity contribution is 7.98. The van der Waals surface area contributed by atoms with Crippen molar-refractivity contribution in [3.05, 3.63) is 51.2 Å². The molecule has 0 unspecified atom stereocenters. The molecule has 1 aliphatic rings. The zero-order chi connectivity index (χ0) is 13.9. The minimum Gasteiger partial charge on any atom is -0.326 e. The van der Waals surface area contributed by atoms with Crippen LogP contribution in [0.3, 0.4) is 0 Å². The second-order valence-electron chi connectivity index (χ2n) is 4.72. The number of fused-ring (bicyclic) bond motifs is 1. The van der Waals surface area contributed by atoms with Crippen molar-refractivity contribution in [2.75, 3.05) is 11.1 Å². The number of nitrogens with two attached hydrogens (primary N) is 1. The Bertz CT molecular complexity index is 613. The van der Waals surface area contributed by atoms with Crippen molar-refractivity contribution in [1.29, 1.82) is 0 Å². The zero-order valence-electron chi connectivity index (χ0n) is 11.0.